The molecular weight excluding hydrogens is 554 g/mol. The number of aliphatic hydroxyl groups excluding tert-OH is 1. The van der Waals surface area contributed by atoms with E-state index in [2.05, 4.69) is 41.3 Å². The average molecular weight is 604 g/mol. The molecule has 7 nitrogen and oxygen atoms in total. The van der Waals surface area contributed by atoms with Crippen LogP contribution in [0.15, 0.2) is 78.9 Å². The summed E-state index contributed by atoms with van der Waals surface area (Å²) in [6.45, 7) is 2.77. The summed E-state index contributed by atoms with van der Waals surface area (Å²) in [6, 6.07) is 26.4. The standard InChI is InChI=1S/C37H49NO6/c1-41-33-20-16-31(17-21-33)37(30-14-10-9-11-15-30,32-18-22-34(42-2)23-19-32)43-29-36-27-38(26-35(28-40)44-36)24-12-7-5-3-4-6-8-13-25-39/h9-11,14-23,25,35-36,40H,3-8,12-13,24,26-29H2,1-2H3/t35-,36-/m0/s1. The number of nitrogens with zero attached hydrogens (tertiary/aromatic N) is 1. The average Bonchev–Trinajstić information content (AvgIpc) is 3.08. The van der Waals surface area contributed by atoms with E-state index in [9.17, 15) is 9.90 Å². The minimum absolute atomic E-state index is 0.0193. The Hall–Kier alpha value is -3.23. The van der Waals surface area contributed by atoms with Gasteiger partial charge in [0, 0.05) is 19.5 Å². The van der Waals surface area contributed by atoms with Gasteiger partial charge in [-0.3, -0.25) is 4.90 Å². The minimum Gasteiger partial charge on any atom is -0.497 e. The highest BCUT2D eigenvalue weighted by Gasteiger charge is 2.39. The molecule has 3 aromatic rings. The van der Waals surface area contributed by atoms with Crippen molar-refractivity contribution in [3.63, 3.8) is 0 Å². The molecule has 44 heavy (non-hydrogen) atoms. The van der Waals surface area contributed by atoms with Crippen molar-refractivity contribution < 1.29 is 28.8 Å². The Balaban J connectivity index is 1.50. The molecule has 1 saturated heterocycles. The van der Waals surface area contributed by atoms with Crippen LogP contribution in [0, 0.1) is 0 Å². The Morgan fingerprint density at radius 3 is 1.82 bits per heavy atom. The number of aliphatic hydroxyl groups is 1. The lowest BCUT2D eigenvalue weighted by molar-refractivity contribution is -0.142. The predicted octanol–water partition coefficient (Wildman–Crippen LogP) is 6.39. The van der Waals surface area contributed by atoms with Crippen molar-refractivity contribution in [2.24, 2.45) is 0 Å². The molecule has 0 amide bonds. The molecule has 2 atom stereocenters. The van der Waals surface area contributed by atoms with Gasteiger partial charge in [0.05, 0.1) is 39.6 Å². The molecule has 1 aliphatic heterocycles. The summed E-state index contributed by atoms with van der Waals surface area (Å²) in [5.41, 5.74) is 2.05. The van der Waals surface area contributed by atoms with Gasteiger partial charge >= 0.3 is 0 Å². The number of carbonyl (C=O) groups is 1. The maximum atomic E-state index is 10.5. The van der Waals surface area contributed by atoms with E-state index in [0.717, 1.165) is 73.4 Å². The van der Waals surface area contributed by atoms with Gasteiger partial charge in [0.25, 0.3) is 0 Å². The molecule has 1 fully saturated rings. The van der Waals surface area contributed by atoms with Crippen LogP contribution in [0.5, 0.6) is 11.5 Å². The van der Waals surface area contributed by atoms with Crippen LogP contribution in [0.4, 0.5) is 0 Å². The molecule has 0 bridgehead atoms. The third-order valence-corrected chi connectivity index (χ3v) is 8.47. The summed E-state index contributed by atoms with van der Waals surface area (Å²) < 4.78 is 24.4. The zero-order chi connectivity index (χ0) is 31.0. The first kappa shape index (κ1) is 33.7. The van der Waals surface area contributed by atoms with E-state index in [1.807, 2.05) is 42.5 Å². The summed E-state index contributed by atoms with van der Waals surface area (Å²) in [4.78, 5) is 12.9. The Bertz CT molecular complexity index is 1170. The molecule has 4 rings (SSSR count). The van der Waals surface area contributed by atoms with Gasteiger partial charge < -0.3 is 28.8 Å². The van der Waals surface area contributed by atoms with E-state index in [0.29, 0.717) is 13.0 Å². The highest BCUT2D eigenvalue weighted by Crippen LogP contribution is 2.42. The first-order valence-corrected chi connectivity index (χ1v) is 16.0. The first-order chi connectivity index (χ1) is 21.6. The second-order valence-electron chi connectivity index (χ2n) is 11.6. The molecular formula is C37H49NO6. The van der Waals surface area contributed by atoms with E-state index in [4.69, 9.17) is 18.9 Å². The van der Waals surface area contributed by atoms with Crippen LogP contribution >= 0.6 is 0 Å². The number of benzene rings is 3. The van der Waals surface area contributed by atoms with Gasteiger partial charge in [-0.2, -0.15) is 0 Å². The van der Waals surface area contributed by atoms with Crippen LogP contribution in [0.1, 0.15) is 68.1 Å². The fourth-order valence-corrected chi connectivity index (χ4v) is 6.12. The van der Waals surface area contributed by atoms with Gasteiger partial charge in [-0.25, -0.2) is 0 Å². The Kier molecular flexibility index (Phi) is 13.7. The minimum atomic E-state index is -0.911. The Labute approximate surface area is 263 Å². The van der Waals surface area contributed by atoms with Crippen molar-refractivity contribution in [1.82, 2.24) is 4.90 Å². The lowest BCUT2D eigenvalue weighted by Crippen LogP contribution is -2.51. The lowest BCUT2D eigenvalue weighted by atomic mass is 9.80. The van der Waals surface area contributed by atoms with Gasteiger partial charge in [-0.05, 0) is 60.3 Å². The number of hydrogen-bond acceptors (Lipinski definition) is 7. The Morgan fingerprint density at radius 1 is 0.750 bits per heavy atom. The summed E-state index contributed by atoms with van der Waals surface area (Å²) in [5.74, 6) is 1.56. The van der Waals surface area contributed by atoms with Crippen LogP contribution in [0.25, 0.3) is 0 Å². The van der Waals surface area contributed by atoms with Gasteiger partial charge in [-0.15, -0.1) is 0 Å². The molecule has 1 aliphatic rings. The third-order valence-electron chi connectivity index (χ3n) is 8.47. The molecule has 7 heteroatoms. The van der Waals surface area contributed by atoms with E-state index < -0.39 is 5.60 Å². The van der Waals surface area contributed by atoms with Crippen LogP contribution in [-0.2, 0) is 19.9 Å². The van der Waals surface area contributed by atoms with Crippen molar-refractivity contribution in [2.75, 3.05) is 47.1 Å². The number of methoxy groups -OCH3 is 2. The summed E-state index contributed by atoms with van der Waals surface area (Å²) in [5, 5.41) is 10.1. The number of rotatable bonds is 19. The smallest absolute Gasteiger partial charge is 0.143 e. The van der Waals surface area contributed by atoms with Crippen molar-refractivity contribution in [2.45, 2.75) is 69.2 Å². The zero-order valence-corrected chi connectivity index (χ0v) is 26.4. The highest BCUT2D eigenvalue weighted by molar-refractivity contribution is 5.50. The highest BCUT2D eigenvalue weighted by atomic mass is 16.6. The summed E-state index contributed by atoms with van der Waals surface area (Å²) >= 11 is 0. The maximum Gasteiger partial charge on any atom is 0.143 e. The second-order valence-corrected chi connectivity index (χ2v) is 11.6. The SMILES string of the molecule is COc1ccc(C(OC[C@@H]2CN(CCCCCCCCCC=O)C[C@@H](CO)O2)(c2ccccc2)c2ccc(OC)cc2)cc1. The summed E-state index contributed by atoms with van der Waals surface area (Å²) in [6.07, 6.45) is 9.32. The molecule has 0 spiro atoms. The van der Waals surface area contributed by atoms with Crippen molar-refractivity contribution in [3.05, 3.63) is 95.6 Å². The van der Waals surface area contributed by atoms with Crippen molar-refractivity contribution >= 4 is 6.29 Å². The zero-order valence-electron chi connectivity index (χ0n) is 26.4. The molecule has 0 aromatic heterocycles. The molecule has 0 saturated carbocycles. The first-order valence-electron chi connectivity index (χ1n) is 16.0. The van der Waals surface area contributed by atoms with Gasteiger partial charge in [0.2, 0.25) is 0 Å². The lowest BCUT2D eigenvalue weighted by Gasteiger charge is -2.41. The van der Waals surface area contributed by atoms with E-state index >= 15 is 0 Å². The van der Waals surface area contributed by atoms with E-state index in [1.165, 1.54) is 25.7 Å². The Morgan fingerprint density at radius 2 is 1.27 bits per heavy atom. The molecule has 3 aromatic carbocycles. The van der Waals surface area contributed by atoms with Crippen LogP contribution < -0.4 is 9.47 Å². The number of ether oxygens (including phenoxy) is 4. The molecule has 0 unspecified atom stereocenters. The van der Waals surface area contributed by atoms with Gasteiger partial charge in [0.1, 0.15) is 23.4 Å². The molecule has 0 radical (unpaired) electrons. The van der Waals surface area contributed by atoms with Gasteiger partial charge in [0.15, 0.2) is 0 Å². The summed E-state index contributed by atoms with van der Waals surface area (Å²) in [7, 11) is 3.34. The molecule has 1 heterocycles. The van der Waals surface area contributed by atoms with Crippen molar-refractivity contribution in [3.8, 4) is 11.5 Å². The normalized spacial score (nSPS) is 17.3. The fraction of sp³-hybridized carbons (Fsp3) is 0.486. The molecule has 1 N–H and O–H groups in total. The third kappa shape index (κ3) is 9.14. The number of carbonyl (C=O) groups excluding carboxylic acids is 1. The van der Waals surface area contributed by atoms with Crippen LogP contribution in [0.3, 0.4) is 0 Å². The van der Waals surface area contributed by atoms with Crippen molar-refractivity contribution in [1.29, 1.82) is 0 Å². The maximum absolute atomic E-state index is 10.5. The quantitative estimate of drug-likeness (QED) is 0.0966. The van der Waals surface area contributed by atoms with E-state index in [1.54, 1.807) is 14.2 Å². The largest absolute Gasteiger partial charge is 0.497 e. The number of aldehydes is 1. The molecule has 0 aliphatic carbocycles. The number of hydrogen-bond donors (Lipinski definition) is 1. The predicted molar refractivity (Wildman–Crippen MR) is 173 cm³/mol. The van der Waals surface area contributed by atoms with Crippen LogP contribution in [-0.4, -0.2) is 75.6 Å². The topological polar surface area (TPSA) is 77.5 Å². The number of unbranched alkanes of at least 4 members (excludes halogenated alkanes) is 7. The van der Waals surface area contributed by atoms with E-state index in [-0.39, 0.29) is 18.8 Å². The monoisotopic (exact) mass is 603 g/mol. The second kappa shape index (κ2) is 17.9. The molecule has 238 valence electrons. The van der Waals surface area contributed by atoms with Crippen LogP contribution in [0.2, 0.25) is 0 Å². The number of morpholine rings is 1. The van der Waals surface area contributed by atoms with Gasteiger partial charge in [-0.1, -0.05) is 86.7 Å². The fourth-order valence-electron chi connectivity index (χ4n) is 6.12.